The Morgan fingerprint density at radius 1 is 0.357 bits per heavy atom. The predicted molar refractivity (Wildman–Crippen MR) is 230 cm³/mol. The summed E-state index contributed by atoms with van der Waals surface area (Å²) in [7, 11) is 0. The molecule has 262 valence electrons. The van der Waals surface area contributed by atoms with Gasteiger partial charge in [0.2, 0.25) is 0 Å². The maximum Gasteiger partial charge on any atom is 0.160 e. The molecule has 0 aliphatic heterocycles. The SMILES string of the molecule is c1ccc(-c2cc(-c3ccccc3)nc(-c3nc(-c4cccc(-n5c6ccccc6c6cc7ccn(-c8ccccc8)c7cc65)c4)nc4ccccc34)c2)cc1. The van der Waals surface area contributed by atoms with Gasteiger partial charge in [-0.05, 0) is 77.9 Å². The highest BCUT2D eigenvalue weighted by atomic mass is 15.0. The van der Waals surface area contributed by atoms with Crippen LogP contribution in [0, 0.1) is 0 Å². The fourth-order valence-corrected chi connectivity index (χ4v) is 8.08. The van der Waals surface area contributed by atoms with Crippen molar-refractivity contribution in [1.29, 1.82) is 0 Å². The molecule has 0 bridgehead atoms. The molecule has 0 unspecified atom stereocenters. The van der Waals surface area contributed by atoms with E-state index < -0.39 is 0 Å². The van der Waals surface area contributed by atoms with E-state index in [4.69, 9.17) is 15.0 Å². The molecule has 7 aromatic carbocycles. The second-order valence-electron chi connectivity index (χ2n) is 14.1. The lowest BCUT2D eigenvalue weighted by Gasteiger charge is -2.14. The number of nitrogens with zero attached hydrogens (tertiary/aromatic N) is 5. The lowest BCUT2D eigenvalue weighted by Crippen LogP contribution is -1.99. The second-order valence-corrected chi connectivity index (χ2v) is 14.1. The number of hydrogen-bond donors (Lipinski definition) is 0. The van der Waals surface area contributed by atoms with Crippen molar-refractivity contribution < 1.29 is 0 Å². The monoisotopic (exact) mass is 715 g/mol. The van der Waals surface area contributed by atoms with E-state index in [9.17, 15) is 0 Å². The number of rotatable bonds is 6. The molecule has 0 N–H and O–H groups in total. The molecule has 0 fully saturated rings. The van der Waals surface area contributed by atoms with Gasteiger partial charge in [-0.1, -0.05) is 127 Å². The molecule has 0 atom stereocenters. The lowest BCUT2D eigenvalue weighted by molar-refractivity contribution is 1.12. The van der Waals surface area contributed by atoms with Crippen molar-refractivity contribution in [3.63, 3.8) is 0 Å². The molecule has 0 saturated carbocycles. The second kappa shape index (κ2) is 13.0. The number of aromatic nitrogens is 5. The van der Waals surface area contributed by atoms with Gasteiger partial charge in [-0.25, -0.2) is 15.0 Å². The first-order chi connectivity index (χ1) is 27.7. The van der Waals surface area contributed by atoms with Crippen molar-refractivity contribution in [2.75, 3.05) is 0 Å². The Kier molecular flexibility index (Phi) is 7.42. The van der Waals surface area contributed by atoms with Crippen molar-refractivity contribution in [1.82, 2.24) is 24.1 Å². The summed E-state index contributed by atoms with van der Waals surface area (Å²) in [5, 5.41) is 4.59. The van der Waals surface area contributed by atoms with Gasteiger partial charge in [-0.3, -0.25) is 0 Å². The van der Waals surface area contributed by atoms with Crippen LogP contribution in [0.4, 0.5) is 0 Å². The normalized spacial score (nSPS) is 11.6. The summed E-state index contributed by atoms with van der Waals surface area (Å²) in [4.78, 5) is 15.8. The molecular weight excluding hydrogens is 683 g/mol. The molecule has 0 aliphatic carbocycles. The standard InChI is InChI=1S/C51H33N5/c1-4-15-34(16-5-1)38-31-45(35-17-6-2-7-18-35)52-46(32-38)50-42-24-10-12-25-44(42)53-51(54-50)37-19-14-22-40(29-37)56-47-26-13-11-23-41(47)43-30-36-27-28-55(48(36)33-49(43)56)39-20-8-3-9-21-39/h1-33H. The first-order valence-electron chi connectivity index (χ1n) is 18.9. The van der Waals surface area contributed by atoms with E-state index in [1.165, 1.54) is 16.2 Å². The van der Waals surface area contributed by atoms with E-state index in [1.807, 2.05) is 24.3 Å². The third-order valence-corrected chi connectivity index (χ3v) is 10.7. The van der Waals surface area contributed by atoms with Gasteiger partial charge in [0.1, 0.15) is 5.69 Å². The Labute approximate surface area is 323 Å². The number of hydrogen-bond acceptors (Lipinski definition) is 3. The molecule has 4 aromatic heterocycles. The maximum absolute atomic E-state index is 5.35. The minimum atomic E-state index is 0.648. The number of fused-ring (bicyclic) bond motifs is 5. The van der Waals surface area contributed by atoms with Crippen molar-refractivity contribution in [2.45, 2.75) is 0 Å². The quantitative estimate of drug-likeness (QED) is 0.172. The van der Waals surface area contributed by atoms with Crippen molar-refractivity contribution in [3.05, 3.63) is 200 Å². The third kappa shape index (κ3) is 5.37. The maximum atomic E-state index is 5.35. The molecule has 11 rings (SSSR count). The number of pyridine rings is 1. The van der Waals surface area contributed by atoms with Crippen LogP contribution in [-0.4, -0.2) is 24.1 Å². The Balaban J connectivity index is 1.11. The number of para-hydroxylation sites is 3. The van der Waals surface area contributed by atoms with E-state index >= 15 is 0 Å². The van der Waals surface area contributed by atoms with Crippen LogP contribution in [0.15, 0.2) is 200 Å². The Morgan fingerprint density at radius 2 is 1.02 bits per heavy atom. The van der Waals surface area contributed by atoms with Crippen LogP contribution in [0.25, 0.3) is 100 Å². The zero-order chi connectivity index (χ0) is 37.0. The van der Waals surface area contributed by atoms with Gasteiger partial charge in [0, 0.05) is 50.2 Å². The predicted octanol–water partition coefficient (Wildman–Crippen LogP) is 12.7. The summed E-state index contributed by atoms with van der Waals surface area (Å²) in [6.45, 7) is 0. The summed E-state index contributed by atoms with van der Waals surface area (Å²) in [6, 6.07) is 68.0. The summed E-state index contributed by atoms with van der Waals surface area (Å²) in [6.07, 6.45) is 2.16. The van der Waals surface area contributed by atoms with E-state index in [0.717, 1.165) is 78.2 Å². The molecule has 4 heterocycles. The molecular formula is C51H33N5. The van der Waals surface area contributed by atoms with Crippen LogP contribution in [0.3, 0.4) is 0 Å². The van der Waals surface area contributed by atoms with E-state index in [0.29, 0.717) is 5.82 Å². The molecule has 0 spiro atoms. The lowest BCUT2D eigenvalue weighted by atomic mass is 10.0. The van der Waals surface area contributed by atoms with Crippen molar-refractivity contribution in [2.24, 2.45) is 0 Å². The van der Waals surface area contributed by atoms with Crippen molar-refractivity contribution in [3.8, 4) is 56.5 Å². The Bertz CT molecular complexity index is 3180. The summed E-state index contributed by atoms with van der Waals surface area (Å²) in [5.41, 5.74) is 13.2. The molecule has 0 amide bonds. The Morgan fingerprint density at radius 3 is 1.84 bits per heavy atom. The molecule has 0 saturated heterocycles. The fraction of sp³-hybridized carbons (Fsp3) is 0. The fourth-order valence-electron chi connectivity index (χ4n) is 8.08. The molecule has 0 radical (unpaired) electrons. The van der Waals surface area contributed by atoms with Gasteiger partial charge in [-0.15, -0.1) is 0 Å². The minimum absolute atomic E-state index is 0.648. The summed E-state index contributed by atoms with van der Waals surface area (Å²) >= 11 is 0. The van der Waals surface area contributed by atoms with Crippen LogP contribution in [0.5, 0.6) is 0 Å². The average molecular weight is 716 g/mol. The molecule has 56 heavy (non-hydrogen) atoms. The minimum Gasteiger partial charge on any atom is -0.316 e. The number of benzene rings is 7. The molecule has 5 nitrogen and oxygen atoms in total. The van der Waals surface area contributed by atoms with Crippen LogP contribution in [0.1, 0.15) is 0 Å². The zero-order valence-electron chi connectivity index (χ0n) is 30.3. The van der Waals surface area contributed by atoms with Gasteiger partial charge >= 0.3 is 0 Å². The first kappa shape index (κ1) is 31.9. The van der Waals surface area contributed by atoms with Gasteiger partial charge in [-0.2, -0.15) is 0 Å². The highest BCUT2D eigenvalue weighted by Crippen LogP contribution is 2.38. The van der Waals surface area contributed by atoms with Gasteiger partial charge in [0.15, 0.2) is 5.82 Å². The van der Waals surface area contributed by atoms with E-state index in [1.54, 1.807) is 0 Å². The molecule has 0 aliphatic rings. The highest BCUT2D eigenvalue weighted by molar-refractivity contribution is 6.13. The molecule has 11 aromatic rings. The highest BCUT2D eigenvalue weighted by Gasteiger charge is 2.18. The molecule has 5 heteroatoms. The van der Waals surface area contributed by atoms with E-state index in [2.05, 4.69) is 185 Å². The summed E-state index contributed by atoms with van der Waals surface area (Å²) < 4.78 is 4.64. The Hall–Kier alpha value is -7.63. The van der Waals surface area contributed by atoms with Crippen LogP contribution in [-0.2, 0) is 0 Å². The first-order valence-corrected chi connectivity index (χ1v) is 18.9. The van der Waals surface area contributed by atoms with Crippen molar-refractivity contribution >= 4 is 43.6 Å². The van der Waals surface area contributed by atoms with Crippen LogP contribution >= 0.6 is 0 Å². The van der Waals surface area contributed by atoms with Gasteiger partial charge in [0.05, 0.1) is 33.5 Å². The van der Waals surface area contributed by atoms with Crippen LogP contribution < -0.4 is 0 Å². The largest absolute Gasteiger partial charge is 0.316 e. The van der Waals surface area contributed by atoms with E-state index in [-0.39, 0.29) is 0 Å². The van der Waals surface area contributed by atoms with Gasteiger partial charge in [0.25, 0.3) is 0 Å². The van der Waals surface area contributed by atoms with Crippen LogP contribution in [0.2, 0.25) is 0 Å². The topological polar surface area (TPSA) is 48.5 Å². The van der Waals surface area contributed by atoms with Gasteiger partial charge < -0.3 is 9.13 Å². The average Bonchev–Trinajstić information content (AvgIpc) is 3.84. The zero-order valence-corrected chi connectivity index (χ0v) is 30.3. The third-order valence-electron chi connectivity index (χ3n) is 10.7. The summed E-state index contributed by atoms with van der Waals surface area (Å²) in [5.74, 6) is 0.648. The smallest absolute Gasteiger partial charge is 0.160 e.